The number of hydrogen-bond donors (Lipinski definition) is 0. The molecule has 0 fully saturated rings. The topological polar surface area (TPSA) is 48.7 Å². The minimum Gasteiger partial charge on any atom is -0.497 e. The monoisotopic (exact) mass is 450 g/mol. The van der Waals surface area contributed by atoms with Crippen LogP contribution in [-0.2, 0) is 9.53 Å². The van der Waals surface area contributed by atoms with Crippen LogP contribution in [0.1, 0.15) is 40.9 Å². The van der Waals surface area contributed by atoms with Gasteiger partial charge in [-0.1, -0.05) is 60.7 Å². The van der Waals surface area contributed by atoms with E-state index in [1.54, 1.807) is 7.11 Å². The molecule has 0 radical (unpaired) electrons. The quantitative estimate of drug-likeness (QED) is 0.304. The normalized spacial score (nSPS) is 14.7. The smallest absolute Gasteiger partial charge is 0.335 e. The fourth-order valence-electron chi connectivity index (χ4n) is 4.83. The number of methoxy groups -OCH3 is 1. The molecule has 1 atom stereocenters. The van der Waals surface area contributed by atoms with Crippen molar-refractivity contribution in [2.24, 2.45) is 0 Å². The van der Waals surface area contributed by atoms with E-state index in [2.05, 4.69) is 12.1 Å². The third-order valence-corrected chi connectivity index (χ3v) is 6.27. The van der Waals surface area contributed by atoms with Crippen molar-refractivity contribution in [2.75, 3.05) is 13.7 Å². The summed E-state index contributed by atoms with van der Waals surface area (Å²) >= 11 is 0. The van der Waals surface area contributed by atoms with Crippen LogP contribution in [0.5, 0.6) is 5.75 Å². The molecule has 1 unspecified atom stereocenters. The summed E-state index contributed by atoms with van der Waals surface area (Å²) in [5, 5.41) is 0. The van der Waals surface area contributed by atoms with E-state index in [4.69, 9.17) is 13.9 Å². The third kappa shape index (κ3) is 3.61. The number of hydrogen-bond acceptors (Lipinski definition) is 4. The Kier molecular flexibility index (Phi) is 5.81. The molecule has 0 spiro atoms. The minimum atomic E-state index is -0.300. The largest absolute Gasteiger partial charge is 0.497 e. The lowest BCUT2D eigenvalue weighted by atomic mass is 9.88. The summed E-state index contributed by atoms with van der Waals surface area (Å²) in [6.07, 6.45) is 0. The first kappa shape index (κ1) is 21.8. The van der Waals surface area contributed by atoms with E-state index in [0.717, 1.165) is 50.7 Å². The van der Waals surface area contributed by atoms with Gasteiger partial charge in [0.2, 0.25) is 0 Å². The van der Waals surface area contributed by atoms with Crippen LogP contribution in [0.15, 0.2) is 94.9 Å². The van der Waals surface area contributed by atoms with Gasteiger partial charge in [-0.15, -0.1) is 0 Å². The predicted molar refractivity (Wildman–Crippen MR) is 133 cm³/mol. The van der Waals surface area contributed by atoms with Crippen molar-refractivity contribution in [1.29, 1.82) is 0 Å². The average Bonchev–Trinajstić information content (AvgIpc) is 3.41. The molecule has 0 amide bonds. The molecule has 1 aromatic heterocycles. The second-order valence-corrected chi connectivity index (χ2v) is 8.22. The summed E-state index contributed by atoms with van der Waals surface area (Å²) in [4.78, 5) is 13.5. The third-order valence-electron chi connectivity index (χ3n) is 6.27. The van der Waals surface area contributed by atoms with Crippen LogP contribution >= 0.6 is 0 Å². The Balaban J connectivity index is 1.84. The van der Waals surface area contributed by atoms with E-state index in [9.17, 15) is 4.79 Å². The summed E-state index contributed by atoms with van der Waals surface area (Å²) < 4.78 is 17.4. The van der Waals surface area contributed by atoms with Gasteiger partial charge in [0.15, 0.2) is 0 Å². The highest BCUT2D eigenvalue weighted by Gasteiger charge is 2.42. The van der Waals surface area contributed by atoms with Crippen molar-refractivity contribution in [3.63, 3.8) is 0 Å². The Bertz CT molecular complexity index is 1350. The van der Waals surface area contributed by atoms with E-state index in [1.807, 2.05) is 86.6 Å². The van der Waals surface area contributed by atoms with Gasteiger partial charge in [-0.3, -0.25) is 0 Å². The Morgan fingerprint density at radius 3 is 2.15 bits per heavy atom. The zero-order valence-corrected chi connectivity index (χ0v) is 19.5. The van der Waals surface area contributed by atoms with E-state index in [1.165, 1.54) is 0 Å². The fourth-order valence-corrected chi connectivity index (χ4v) is 4.83. The van der Waals surface area contributed by atoms with Gasteiger partial charge in [-0.05, 0) is 49.2 Å². The molecule has 0 aliphatic heterocycles. The number of ether oxygens (including phenoxy) is 2. The van der Waals surface area contributed by atoms with Crippen LogP contribution in [0.4, 0.5) is 0 Å². The van der Waals surface area contributed by atoms with Gasteiger partial charge in [0.25, 0.3) is 0 Å². The van der Waals surface area contributed by atoms with Crippen LogP contribution in [0.2, 0.25) is 0 Å². The van der Waals surface area contributed by atoms with Crippen molar-refractivity contribution >= 4 is 11.5 Å². The zero-order chi connectivity index (χ0) is 23.7. The number of rotatable bonds is 6. The lowest BCUT2D eigenvalue weighted by Gasteiger charge is -2.17. The highest BCUT2D eigenvalue weighted by atomic mass is 16.5. The zero-order valence-electron chi connectivity index (χ0n) is 19.5. The molecule has 4 aromatic rings. The molecular weight excluding hydrogens is 424 g/mol. The highest BCUT2D eigenvalue weighted by Crippen LogP contribution is 2.54. The van der Waals surface area contributed by atoms with Crippen molar-refractivity contribution in [1.82, 2.24) is 0 Å². The van der Waals surface area contributed by atoms with Gasteiger partial charge in [0, 0.05) is 28.2 Å². The minimum absolute atomic E-state index is 0.277. The first-order chi connectivity index (χ1) is 16.6. The summed E-state index contributed by atoms with van der Waals surface area (Å²) in [6.45, 7) is 4.12. The first-order valence-corrected chi connectivity index (χ1v) is 11.4. The van der Waals surface area contributed by atoms with E-state index in [-0.39, 0.29) is 11.9 Å². The Morgan fingerprint density at radius 2 is 1.53 bits per heavy atom. The molecule has 34 heavy (non-hydrogen) atoms. The molecule has 0 bridgehead atoms. The number of benzene rings is 3. The number of esters is 1. The Labute approximate surface area is 199 Å². The van der Waals surface area contributed by atoms with Gasteiger partial charge in [0.05, 0.1) is 19.3 Å². The lowest BCUT2D eigenvalue weighted by molar-refractivity contribution is -0.138. The van der Waals surface area contributed by atoms with E-state index < -0.39 is 0 Å². The van der Waals surface area contributed by atoms with E-state index in [0.29, 0.717) is 12.2 Å². The van der Waals surface area contributed by atoms with E-state index >= 15 is 0 Å². The number of fused-ring (bicyclic) bond motifs is 1. The Hall–Kier alpha value is -4.05. The van der Waals surface area contributed by atoms with Gasteiger partial charge in [-0.25, -0.2) is 4.79 Å². The van der Waals surface area contributed by atoms with Gasteiger partial charge < -0.3 is 13.9 Å². The van der Waals surface area contributed by atoms with Crippen LogP contribution in [0.25, 0.3) is 16.9 Å². The molecule has 4 nitrogen and oxygen atoms in total. The molecular formula is C30H26O4. The molecule has 1 heterocycles. The lowest BCUT2D eigenvalue weighted by Crippen LogP contribution is -2.14. The maximum Gasteiger partial charge on any atom is 0.335 e. The summed E-state index contributed by atoms with van der Waals surface area (Å²) in [5.74, 6) is 1.74. The molecule has 0 saturated carbocycles. The molecule has 1 aliphatic carbocycles. The van der Waals surface area contributed by atoms with Crippen molar-refractivity contribution in [3.05, 3.63) is 119 Å². The number of furan rings is 1. The summed E-state index contributed by atoms with van der Waals surface area (Å²) in [5.41, 5.74) is 6.40. The van der Waals surface area contributed by atoms with Gasteiger partial charge in [0.1, 0.15) is 17.3 Å². The highest BCUT2D eigenvalue weighted by molar-refractivity contribution is 6.09. The van der Waals surface area contributed by atoms with Crippen LogP contribution in [0.3, 0.4) is 0 Å². The number of aryl methyl sites for hydroxylation is 1. The van der Waals surface area contributed by atoms with Crippen molar-refractivity contribution < 1.29 is 18.7 Å². The average molecular weight is 451 g/mol. The molecule has 0 saturated heterocycles. The van der Waals surface area contributed by atoms with Crippen LogP contribution in [-0.4, -0.2) is 19.7 Å². The predicted octanol–water partition coefficient (Wildman–Crippen LogP) is 6.77. The molecule has 1 aliphatic rings. The molecule has 0 N–H and O–H groups in total. The first-order valence-electron chi connectivity index (χ1n) is 11.4. The van der Waals surface area contributed by atoms with Crippen LogP contribution < -0.4 is 4.74 Å². The number of carbonyl (C=O) groups is 1. The molecule has 170 valence electrons. The number of carbonyl (C=O) groups excluding carboxylic acids is 1. The fraction of sp³-hybridized carbons (Fsp3) is 0.167. The standard InChI is InChI=1S/C30H26O4/c1-4-33-30(31)28-25(20-11-7-5-8-12-20)24-19(2)34-29(22-15-17-23(32-3)18-16-22)27(24)26(28)21-13-9-6-10-14-21/h5-18,25H,4H2,1-3H3. The molecule has 4 heteroatoms. The van der Waals surface area contributed by atoms with Crippen molar-refractivity contribution in [2.45, 2.75) is 19.8 Å². The van der Waals surface area contributed by atoms with Crippen LogP contribution in [0, 0.1) is 6.92 Å². The van der Waals surface area contributed by atoms with Crippen molar-refractivity contribution in [3.8, 4) is 17.1 Å². The molecule has 3 aromatic carbocycles. The second kappa shape index (κ2) is 9.06. The maximum absolute atomic E-state index is 13.5. The second-order valence-electron chi connectivity index (χ2n) is 8.22. The van der Waals surface area contributed by atoms with Gasteiger partial charge in [-0.2, -0.15) is 0 Å². The molecule has 5 rings (SSSR count). The Morgan fingerprint density at radius 1 is 0.882 bits per heavy atom. The summed E-state index contributed by atoms with van der Waals surface area (Å²) in [7, 11) is 1.65. The SMILES string of the molecule is CCOC(=O)C1=C(c2ccccc2)c2c(-c3ccc(OC)cc3)oc(C)c2C1c1ccccc1. The maximum atomic E-state index is 13.5. The summed E-state index contributed by atoms with van der Waals surface area (Å²) in [6, 6.07) is 27.9. The van der Waals surface area contributed by atoms with Gasteiger partial charge >= 0.3 is 5.97 Å².